The zero-order valence-electron chi connectivity index (χ0n) is 15.4. The Hall–Kier alpha value is -2.40. The van der Waals surface area contributed by atoms with E-state index in [2.05, 4.69) is 10.3 Å². The van der Waals surface area contributed by atoms with Gasteiger partial charge in [0, 0.05) is 31.5 Å². The fourth-order valence-electron chi connectivity index (χ4n) is 2.98. The van der Waals surface area contributed by atoms with Crippen LogP contribution in [0.25, 0.3) is 0 Å². The summed E-state index contributed by atoms with van der Waals surface area (Å²) in [5.74, 6) is -0.121. The molecule has 0 aliphatic carbocycles. The molecule has 5 nitrogen and oxygen atoms in total. The molecule has 0 aliphatic rings. The second-order valence-corrected chi connectivity index (χ2v) is 6.13. The second-order valence-electron chi connectivity index (χ2n) is 6.13. The van der Waals surface area contributed by atoms with Crippen molar-refractivity contribution in [3.05, 3.63) is 62.6 Å². The SMILES string of the molecule is CCc1c(C)[nH]c(=O)c(NCCCOC)c1C(=O)c1cccc(C)c1. The molecule has 0 saturated carbocycles. The molecule has 0 saturated heterocycles. The number of carbonyl (C=O) groups is 1. The van der Waals surface area contributed by atoms with Gasteiger partial charge >= 0.3 is 0 Å². The lowest BCUT2D eigenvalue weighted by Gasteiger charge is -2.16. The quantitative estimate of drug-likeness (QED) is 0.571. The number of aromatic amines is 1. The van der Waals surface area contributed by atoms with E-state index in [9.17, 15) is 9.59 Å². The minimum atomic E-state index is -0.261. The molecule has 25 heavy (non-hydrogen) atoms. The van der Waals surface area contributed by atoms with Crippen LogP contribution in [-0.4, -0.2) is 31.0 Å². The van der Waals surface area contributed by atoms with Crippen molar-refractivity contribution in [3.8, 4) is 0 Å². The van der Waals surface area contributed by atoms with E-state index in [0.717, 1.165) is 23.2 Å². The van der Waals surface area contributed by atoms with Crippen LogP contribution in [0.1, 0.15) is 46.1 Å². The largest absolute Gasteiger partial charge is 0.385 e. The van der Waals surface area contributed by atoms with Gasteiger partial charge in [-0.3, -0.25) is 9.59 Å². The third-order valence-corrected chi connectivity index (χ3v) is 4.22. The summed E-state index contributed by atoms with van der Waals surface area (Å²) in [4.78, 5) is 28.5. The Morgan fingerprint density at radius 2 is 2.04 bits per heavy atom. The number of nitrogens with one attached hydrogen (secondary N) is 2. The highest BCUT2D eigenvalue weighted by Crippen LogP contribution is 2.23. The molecule has 1 aromatic heterocycles. The minimum Gasteiger partial charge on any atom is -0.385 e. The van der Waals surface area contributed by atoms with E-state index in [0.29, 0.717) is 36.4 Å². The molecule has 0 bridgehead atoms. The minimum absolute atomic E-state index is 0.121. The van der Waals surface area contributed by atoms with Crippen molar-refractivity contribution in [1.29, 1.82) is 0 Å². The monoisotopic (exact) mass is 342 g/mol. The molecule has 1 aromatic carbocycles. The second kappa shape index (κ2) is 8.62. The molecular weight excluding hydrogens is 316 g/mol. The molecule has 5 heteroatoms. The van der Waals surface area contributed by atoms with E-state index in [1.165, 1.54) is 0 Å². The van der Waals surface area contributed by atoms with Crippen molar-refractivity contribution in [2.24, 2.45) is 0 Å². The Labute approximate surface area is 148 Å². The van der Waals surface area contributed by atoms with Crippen LogP contribution in [0, 0.1) is 13.8 Å². The van der Waals surface area contributed by atoms with Gasteiger partial charge < -0.3 is 15.0 Å². The third kappa shape index (κ3) is 4.37. The molecule has 0 atom stereocenters. The van der Waals surface area contributed by atoms with Gasteiger partial charge in [-0.1, -0.05) is 30.7 Å². The summed E-state index contributed by atoms with van der Waals surface area (Å²) in [6.07, 6.45) is 1.42. The molecule has 2 rings (SSSR count). The van der Waals surface area contributed by atoms with Gasteiger partial charge in [0.15, 0.2) is 5.78 Å². The van der Waals surface area contributed by atoms with Gasteiger partial charge in [0.05, 0.1) is 5.56 Å². The lowest BCUT2D eigenvalue weighted by molar-refractivity contribution is 0.103. The number of ketones is 1. The number of hydrogen-bond acceptors (Lipinski definition) is 4. The van der Waals surface area contributed by atoms with Crippen molar-refractivity contribution >= 4 is 11.5 Å². The predicted octanol–water partition coefficient (Wildman–Crippen LogP) is 3.23. The summed E-state index contributed by atoms with van der Waals surface area (Å²) in [7, 11) is 1.64. The van der Waals surface area contributed by atoms with Gasteiger partial charge in [0.25, 0.3) is 5.56 Å². The fourth-order valence-corrected chi connectivity index (χ4v) is 2.98. The van der Waals surface area contributed by atoms with Crippen LogP contribution in [0.4, 0.5) is 5.69 Å². The van der Waals surface area contributed by atoms with Crippen LogP contribution in [0.2, 0.25) is 0 Å². The molecule has 0 aliphatic heterocycles. The number of rotatable bonds is 8. The molecule has 1 heterocycles. The summed E-state index contributed by atoms with van der Waals surface area (Å²) in [5, 5.41) is 3.14. The third-order valence-electron chi connectivity index (χ3n) is 4.22. The first-order valence-corrected chi connectivity index (χ1v) is 8.59. The summed E-state index contributed by atoms with van der Waals surface area (Å²) in [6.45, 7) is 6.94. The van der Waals surface area contributed by atoms with Crippen LogP contribution >= 0.6 is 0 Å². The maximum atomic E-state index is 13.2. The average Bonchev–Trinajstić information content (AvgIpc) is 2.59. The normalized spacial score (nSPS) is 10.7. The van der Waals surface area contributed by atoms with E-state index in [1.54, 1.807) is 13.2 Å². The number of H-pyrrole nitrogens is 1. The first-order chi connectivity index (χ1) is 12.0. The standard InChI is InChI=1S/C20H26N2O3/c1-5-16-14(3)22-20(24)18(21-10-7-11-25-4)17(16)19(23)15-9-6-8-13(2)12-15/h6,8-9,12,21H,5,7,10-11H2,1-4H3,(H,22,24). The fraction of sp³-hybridized carbons (Fsp3) is 0.400. The Kier molecular flexibility index (Phi) is 6.53. The first-order valence-electron chi connectivity index (χ1n) is 8.59. The molecule has 0 radical (unpaired) electrons. The average molecular weight is 342 g/mol. The topological polar surface area (TPSA) is 71.2 Å². The van der Waals surface area contributed by atoms with E-state index >= 15 is 0 Å². The summed E-state index contributed by atoms with van der Waals surface area (Å²) < 4.78 is 5.04. The molecule has 0 spiro atoms. The van der Waals surface area contributed by atoms with Crippen molar-refractivity contribution < 1.29 is 9.53 Å². The molecular formula is C20H26N2O3. The van der Waals surface area contributed by atoms with Crippen molar-refractivity contribution in [2.75, 3.05) is 25.6 Å². The molecule has 0 fully saturated rings. The van der Waals surface area contributed by atoms with Gasteiger partial charge in [0.2, 0.25) is 0 Å². The van der Waals surface area contributed by atoms with Crippen molar-refractivity contribution in [1.82, 2.24) is 4.98 Å². The highest BCUT2D eigenvalue weighted by Gasteiger charge is 2.22. The van der Waals surface area contributed by atoms with Crippen LogP contribution in [0.3, 0.4) is 0 Å². The molecule has 2 N–H and O–H groups in total. The lowest BCUT2D eigenvalue weighted by Crippen LogP contribution is -2.24. The Bertz CT molecular complexity index is 809. The smallest absolute Gasteiger partial charge is 0.272 e. The number of ether oxygens (including phenoxy) is 1. The highest BCUT2D eigenvalue weighted by molar-refractivity contribution is 6.13. The zero-order valence-corrected chi connectivity index (χ0v) is 15.4. The zero-order chi connectivity index (χ0) is 18.4. The maximum Gasteiger partial charge on any atom is 0.272 e. The van der Waals surface area contributed by atoms with Gasteiger partial charge in [-0.05, 0) is 38.3 Å². The van der Waals surface area contributed by atoms with E-state index < -0.39 is 0 Å². The van der Waals surface area contributed by atoms with Crippen LogP contribution in [0.5, 0.6) is 0 Å². The van der Waals surface area contributed by atoms with Gasteiger partial charge in [-0.15, -0.1) is 0 Å². The Morgan fingerprint density at radius 1 is 1.28 bits per heavy atom. The number of benzene rings is 1. The molecule has 2 aromatic rings. The molecule has 134 valence electrons. The number of methoxy groups -OCH3 is 1. The number of anilines is 1. The van der Waals surface area contributed by atoms with Gasteiger partial charge in [-0.25, -0.2) is 0 Å². The van der Waals surface area contributed by atoms with Crippen LogP contribution in [-0.2, 0) is 11.2 Å². The Balaban J connectivity index is 2.52. The number of carbonyl (C=O) groups excluding carboxylic acids is 1. The highest BCUT2D eigenvalue weighted by atomic mass is 16.5. The van der Waals surface area contributed by atoms with Crippen molar-refractivity contribution in [2.45, 2.75) is 33.6 Å². The summed E-state index contributed by atoms with van der Waals surface area (Å²) >= 11 is 0. The Morgan fingerprint density at radius 3 is 2.68 bits per heavy atom. The van der Waals surface area contributed by atoms with E-state index in [4.69, 9.17) is 4.74 Å². The predicted molar refractivity (Wildman–Crippen MR) is 101 cm³/mol. The van der Waals surface area contributed by atoms with E-state index in [1.807, 2.05) is 39.0 Å². The molecule has 0 unspecified atom stereocenters. The number of pyridine rings is 1. The summed E-state index contributed by atoms with van der Waals surface area (Å²) in [5.41, 5.74) is 3.80. The van der Waals surface area contributed by atoms with Gasteiger partial charge in [-0.2, -0.15) is 0 Å². The first kappa shape index (κ1) is 18.9. The van der Waals surface area contributed by atoms with Crippen molar-refractivity contribution in [3.63, 3.8) is 0 Å². The number of aromatic nitrogens is 1. The summed E-state index contributed by atoms with van der Waals surface area (Å²) in [6, 6.07) is 7.46. The number of aryl methyl sites for hydroxylation is 2. The van der Waals surface area contributed by atoms with Gasteiger partial charge in [0.1, 0.15) is 5.69 Å². The van der Waals surface area contributed by atoms with Crippen LogP contribution < -0.4 is 10.9 Å². The van der Waals surface area contributed by atoms with Crippen LogP contribution in [0.15, 0.2) is 29.1 Å². The van der Waals surface area contributed by atoms with E-state index in [-0.39, 0.29) is 11.3 Å². The maximum absolute atomic E-state index is 13.2. The number of hydrogen-bond donors (Lipinski definition) is 2. The lowest BCUT2D eigenvalue weighted by atomic mass is 9.94. The molecule has 0 amide bonds.